The van der Waals surface area contributed by atoms with E-state index < -0.39 is 17.2 Å². The molecule has 3 aromatic carbocycles. The maximum absolute atomic E-state index is 13.3. The fourth-order valence-electron chi connectivity index (χ4n) is 4.90. The second-order valence-electron chi connectivity index (χ2n) is 8.81. The van der Waals surface area contributed by atoms with E-state index in [1.165, 1.54) is 11.6 Å². The summed E-state index contributed by atoms with van der Waals surface area (Å²) in [6.07, 6.45) is 0.0432. The number of benzene rings is 3. The zero-order chi connectivity index (χ0) is 24.3. The number of ether oxygens (including phenoxy) is 1. The van der Waals surface area contributed by atoms with Gasteiger partial charge in [-0.1, -0.05) is 66.7 Å². The molecule has 172 valence electrons. The Labute approximate surface area is 199 Å². The summed E-state index contributed by atoms with van der Waals surface area (Å²) >= 11 is 0. The lowest BCUT2D eigenvalue weighted by Crippen LogP contribution is -2.41. The van der Waals surface area contributed by atoms with Gasteiger partial charge in [-0.25, -0.2) is 9.78 Å². The molecule has 0 aliphatic carbocycles. The fourth-order valence-corrected chi connectivity index (χ4v) is 4.90. The first-order valence-electron chi connectivity index (χ1n) is 11.3. The van der Waals surface area contributed by atoms with Crippen LogP contribution >= 0.6 is 0 Å². The van der Waals surface area contributed by atoms with Gasteiger partial charge in [-0.3, -0.25) is 18.7 Å². The van der Waals surface area contributed by atoms with Crippen molar-refractivity contribution in [1.82, 2.24) is 14.1 Å². The highest BCUT2D eigenvalue weighted by Crippen LogP contribution is 2.44. The number of pyridine rings is 1. The van der Waals surface area contributed by atoms with Crippen LogP contribution in [0, 0.1) is 0 Å². The number of carbonyl (C=O) groups is 1. The van der Waals surface area contributed by atoms with Crippen LogP contribution in [0.1, 0.15) is 33.8 Å². The summed E-state index contributed by atoms with van der Waals surface area (Å²) in [6, 6.07) is 22.9. The fraction of sp³-hybridized carbons (Fsp3) is 0.143. The summed E-state index contributed by atoms with van der Waals surface area (Å²) in [6.45, 7) is 0. The van der Waals surface area contributed by atoms with Gasteiger partial charge in [0.25, 0.3) is 5.56 Å². The third-order valence-electron chi connectivity index (χ3n) is 6.75. The Hall–Kier alpha value is -4.52. The topological polar surface area (TPSA) is 83.2 Å². The largest absolute Gasteiger partial charge is 0.421 e. The molecule has 6 rings (SSSR count). The van der Waals surface area contributed by atoms with Gasteiger partial charge in [0.05, 0.1) is 11.1 Å². The second kappa shape index (κ2) is 7.77. The smallest absolute Gasteiger partial charge is 0.333 e. The first kappa shape index (κ1) is 21.0. The van der Waals surface area contributed by atoms with E-state index in [1.807, 2.05) is 60.7 Å². The zero-order valence-corrected chi connectivity index (χ0v) is 19.2. The molecule has 1 aliphatic heterocycles. The Morgan fingerprint density at radius 3 is 2.43 bits per heavy atom. The third-order valence-corrected chi connectivity index (χ3v) is 6.75. The second-order valence-corrected chi connectivity index (χ2v) is 8.81. The molecule has 0 N–H and O–H groups in total. The van der Waals surface area contributed by atoms with E-state index in [-0.39, 0.29) is 23.6 Å². The molecule has 0 bridgehead atoms. The first-order chi connectivity index (χ1) is 16.9. The van der Waals surface area contributed by atoms with Gasteiger partial charge >= 0.3 is 5.69 Å². The number of fused-ring (bicyclic) bond motifs is 5. The van der Waals surface area contributed by atoms with Gasteiger partial charge in [-0.05, 0) is 11.5 Å². The predicted octanol–water partition coefficient (Wildman–Crippen LogP) is 4.30. The van der Waals surface area contributed by atoms with E-state index >= 15 is 0 Å². The Morgan fingerprint density at radius 2 is 1.63 bits per heavy atom. The molecule has 1 unspecified atom stereocenters. The van der Waals surface area contributed by atoms with Crippen LogP contribution in [0.3, 0.4) is 0 Å². The summed E-state index contributed by atoms with van der Waals surface area (Å²) in [5, 5.41) is 2.89. The molecule has 5 aromatic rings. The molecule has 3 heterocycles. The average molecular weight is 463 g/mol. The van der Waals surface area contributed by atoms with E-state index in [0.29, 0.717) is 17.0 Å². The standard InChI is InChI=1S/C28H21N3O4/c1-30-26(33)23-20(15-22(32)17-9-4-3-5-10-17)21-14-18-13-12-16-8-6-7-11-19(16)24(18)29-25(21)35-27(23)31(2)28(30)34/h3-14,20H,15H2,1-2H3. The number of ketones is 1. The maximum atomic E-state index is 13.3. The van der Waals surface area contributed by atoms with Gasteiger partial charge in [0.2, 0.25) is 11.8 Å². The molecular formula is C28H21N3O4. The van der Waals surface area contributed by atoms with Crippen LogP contribution in [-0.2, 0) is 14.1 Å². The van der Waals surface area contributed by atoms with Crippen LogP contribution in [-0.4, -0.2) is 19.9 Å². The first-order valence-corrected chi connectivity index (χ1v) is 11.3. The van der Waals surface area contributed by atoms with Crippen LogP contribution in [0.15, 0.2) is 82.4 Å². The van der Waals surface area contributed by atoms with Crippen LogP contribution in [0.4, 0.5) is 0 Å². The molecule has 1 aliphatic rings. The number of hydrogen-bond acceptors (Lipinski definition) is 5. The quantitative estimate of drug-likeness (QED) is 0.294. The highest BCUT2D eigenvalue weighted by Gasteiger charge is 2.36. The molecule has 0 saturated carbocycles. The SMILES string of the molecule is Cn1c2c(c(=O)n(C)c1=O)C(CC(=O)c1ccccc1)c1cc3ccc4ccccc4c3nc1O2. The van der Waals surface area contributed by atoms with E-state index in [4.69, 9.17) is 9.72 Å². The molecule has 2 aromatic heterocycles. The minimum atomic E-state index is -0.615. The van der Waals surface area contributed by atoms with Crippen molar-refractivity contribution in [3.63, 3.8) is 0 Å². The van der Waals surface area contributed by atoms with Gasteiger partial charge in [-0.15, -0.1) is 0 Å². The molecule has 0 radical (unpaired) electrons. The van der Waals surface area contributed by atoms with Crippen molar-refractivity contribution in [1.29, 1.82) is 0 Å². The van der Waals surface area contributed by atoms with Gasteiger partial charge in [0.1, 0.15) is 0 Å². The monoisotopic (exact) mass is 463 g/mol. The molecule has 35 heavy (non-hydrogen) atoms. The minimum absolute atomic E-state index is 0.0432. The summed E-state index contributed by atoms with van der Waals surface area (Å²) < 4.78 is 8.48. The van der Waals surface area contributed by atoms with Crippen LogP contribution in [0.25, 0.3) is 21.7 Å². The lowest BCUT2D eigenvalue weighted by atomic mass is 9.85. The van der Waals surface area contributed by atoms with Crippen molar-refractivity contribution < 1.29 is 9.53 Å². The number of hydrogen-bond donors (Lipinski definition) is 0. The maximum Gasteiger partial charge on any atom is 0.333 e. The molecule has 0 spiro atoms. The average Bonchev–Trinajstić information content (AvgIpc) is 2.90. The van der Waals surface area contributed by atoms with Crippen molar-refractivity contribution in [2.75, 3.05) is 0 Å². The van der Waals surface area contributed by atoms with E-state index in [0.717, 1.165) is 26.2 Å². The highest BCUT2D eigenvalue weighted by molar-refractivity contribution is 6.05. The molecular weight excluding hydrogens is 442 g/mol. The normalized spacial score (nSPS) is 14.4. The van der Waals surface area contributed by atoms with Crippen LogP contribution in [0.2, 0.25) is 0 Å². The molecule has 0 saturated heterocycles. The summed E-state index contributed by atoms with van der Waals surface area (Å²) in [5.74, 6) is -0.293. The summed E-state index contributed by atoms with van der Waals surface area (Å²) in [4.78, 5) is 44.1. The van der Waals surface area contributed by atoms with E-state index in [1.54, 1.807) is 19.2 Å². The number of carbonyl (C=O) groups excluding carboxylic acids is 1. The minimum Gasteiger partial charge on any atom is -0.421 e. The van der Waals surface area contributed by atoms with Crippen molar-refractivity contribution in [3.05, 3.63) is 110 Å². The molecule has 7 heteroatoms. The predicted molar refractivity (Wildman–Crippen MR) is 133 cm³/mol. The number of nitrogens with zero attached hydrogens (tertiary/aromatic N) is 3. The molecule has 0 fully saturated rings. The number of aromatic nitrogens is 3. The molecule has 0 amide bonds. The van der Waals surface area contributed by atoms with Crippen molar-refractivity contribution in [2.24, 2.45) is 14.1 Å². The van der Waals surface area contributed by atoms with E-state index in [2.05, 4.69) is 0 Å². The number of Topliss-reactive ketones (excluding diaryl/α,β-unsaturated/α-hetero) is 1. The van der Waals surface area contributed by atoms with Gasteiger partial charge in [0, 0.05) is 48.3 Å². The zero-order valence-electron chi connectivity index (χ0n) is 19.2. The molecule has 7 nitrogen and oxygen atoms in total. The van der Waals surface area contributed by atoms with Crippen molar-refractivity contribution >= 4 is 27.5 Å². The Kier molecular flexibility index (Phi) is 4.67. The van der Waals surface area contributed by atoms with Gasteiger partial charge in [-0.2, -0.15) is 0 Å². The Bertz CT molecular complexity index is 1780. The van der Waals surface area contributed by atoms with Crippen molar-refractivity contribution in [3.8, 4) is 11.8 Å². The highest BCUT2D eigenvalue weighted by atomic mass is 16.5. The van der Waals surface area contributed by atoms with Gasteiger partial charge < -0.3 is 4.74 Å². The Balaban J connectivity index is 1.62. The van der Waals surface area contributed by atoms with Crippen molar-refractivity contribution in [2.45, 2.75) is 12.3 Å². The lowest BCUT2D eigenvalue weighted by Gasteiger charge is -2.28. The van der Waals surface area contributed by atoms with Crippen LogP contribution < -0.4 is 16.0 Å². The number of rotatable bonds is 3. The molecule has 1 atom stereocenters. The Morgan fingerprint density at radius 1 is 0.914 bits per heavy atom. The van der Waals surface area contributed by atoms with Gasteiger partial charge in [0.15, 0.2) is 5.78 Å². The lowest BCUT2D eigenvalue weighted by molar-refractivity contribution is 0.0976. The van der Waals surface area contributed by atoms with Crippen LogP contribution in [0.5, 0.6) is 11.8 Å². The van der Waals surface area contributed by atoms with E-state index in [9.17, 15) is 14.4 Å². The third kappa shape index (κ3) is 3.19. The summed E-state index contributed by atoms with van der Waals surface area (Å²) in [7, 11) is 2.99. The summed E-state index contributed by atoms with van der Waals surface area (Å²) in [5.41, 5.74) is 1.28.